The molecule has 0 spiro atoms. The van der Waals surface area contributed by atoms with Crippen LogP contribution < -0.4 is 10.6 Å². The van der Waals surface area contributed by atoms with Crippen LogP contribution in [0.4, 0.5) is 11.4 Å². The second kappa shape index (κ2) is 6.84. The third kappa shape index (κ3) is 4.78. The van der Waals surface area contributed by atoms with Crippen molar-refractivity contribution in [2.45, 2.75) is 27.3 Å². The fourth-order valence-corrected chi connectivity index (χ4v) is 1.92. The minimum Gasteiger partial charge on any atom is -0.381 e. The van der Waals surface area contributed by atoms with Crippen LogP contribution in [0, 0.1) is 5.41 Å². The van der Waals surface area contributed by atoms with Crippen LogP contribution in [0.1, 0.15) is 26.3 Å². The SMILES string of the molecule is CC(C)(C)C(=O)Nc1ccc(NCc2ccc(Cl)cc2)cc1. The molecule has 0 heterocycles. The zero-order valence-electron chi connectivity index (χ0n) is 13.1. The van der Waals surface area contributed by atoms with Crippen molar-refractivity contribution in [2.75, 3.05) is 10.6 Å². The van der Waals surface area contributed by atoms with E-state index in [9.17, 15) is 4.79 Å². The van der Waals surface area contributed by atoms with E-state index in [1.54, 1.807) is 0 Å². The lowest BCUT2D eigenvalue weighted by Gasteiger charge is -2.17. The molecular weight excluding hydrogens is 296 g/mol. The van der Waals surface area contributed by atoms with Crippen LogP contribution in [0.5, 0.6) is 0 Å². The molecule has 2 aromatic carbocycles. The number of hydrogen-bond acceptors (Lipinski definition) is 2. The average Bonchev–Trinajstić information content (AvgIpc) is 2.47. The van der Waals surface area contributed by atoms with Crippen LogP contribution in [0.2, 0.25) is 5.02 Å². The molecule has 116 valence electrons. The van der Waals surface area contributed by atoms with Gasteiger partial charge < -0.3 is 10.6 Å². The first-order valence-electron chi connectivity index (χ1n) is 7.24. The summed E-state index contributed by atoms with van der Waals surface area (Å²) in [5.41, 5.74) is 2.57. The Balaban J connectivity index is 1.92. The molecule has 0 fully saturated rings. The lowest BCUT2D eigenvalue weighted by Crippen LogP contribution is -2.27. The maximum absolute atomic E-state index is 11.9. The molecule has 3 nitrogen and oxygen atoms in total. The monoisotopic (exact) mass is 316 g/mol. The molecule has 0 radical (unpaired) electrons. The quantitative estimate of drug-likeness (QED) is 0.839. The minimum atomic E-state index is -0.397. The van der Waals surface area contributed by atoms with Gasteiger partial charge in [-0.1, -0.05) is 44.5 Å². The van der Waals surface area contributed by atoms with Gasteiger partial charge >= 0.3 is 0 Å². The number of rotatable bonds is 4. The van der Waals surface area contributed by atoms with Crippen molar-refractivity contribution in [3.8, 4) is 0 Å². The molecule has 0 aliphatic carbocycles. The Hall–Kier alpha value is -2.00. The first-order valence-corrected chi connectivity index (χ1v) is 7.62. The van der Waals surface area contributed by atoms with Crippen molar-refractivity contribution < 1.29 is 4.79 Å². The molecule has 2 aromatic rings. The number of halogens is 1. The smallest absolute Gasteiger partial charge is 0.229 e. The van der Waals surface area contributed by atoms with E-state index in [-0.39, 0.29) is 5.91 Å². The van der Waals surface area contributed by atoms with Gasteiger partial charge in [-0.15, -0.1) is 0 Å². The summed E-state index contributed by atoms with van der Waals surface area (Å²) in [6.45, 7) is 6.41. The number of anilines is 2. The Morgan fingerprint density at radius 3 is 2.05 bits per heavy atom. The molecular formula is C18H21ClN2O. The van der Waals surface area contributed by atoms with Crippen LogP contribution >= 0.6 is 11.6 Å². The lowest BCUT2D eigenvalue weighted by molar-refractivity contribution is -0.123. The van der Waals surface area contributed by atoms with Crippen LogP contribution in [0.15, 0.2) is 48.5 Å². The van der Waals surface area contributed by atoms with E-state index in [1.807, 2.05) is 69.3 Å². The van der Waals surface area contributed by atoms with Crippen LogP contribution in [0.25, 0.3) is 0 Å². The van der Waals surface area contributed by atoms with E-state index >= 15 is 0 Å². The number of carbonyl (C=O) groups excluding carboxylic acids is 1. The number of benzene rings is 2. The van der Waals surface area contributed by atoms with Gasteiger partial charge in [-0.05, 0) is 42.0 Å². The summed E-state index contributed by atoms with van der Waals surface area (Å²) >= 11 is 5.86. The predicted octanol–water partition coefficient (Wildman–Crippen LogP) is 4.94. The Kier molecular flexibility index (Phi) is 5.09. The normalized spacial score (nSPS) is 11.1. The topological polar surface area (TPSA) is 41.1 Å². The number of nitrogens with one attached hydrogen (secondary N) is 2. The van der Waals surface area contributed by atoms with E-state index in [0.29, 0.717) is 0 Å². The minimum absolute atomic E-state index is 0.00868. The van der Waals surface area contributed by atoms with Gasteiger partial charge in [0.2, 0.25) is 5.91 Å². The standard InChI is InChI=1S/C18H21ClN2O/c1-18(2,3)17(22)21-16-10-8-15(9-11-16)20-12-13-4-6-14(19)7-5-13/h4-11,20H,12H2,1-3H3,(H,21,22). The Labute approximate surface area is 136 Å². The zero-order valence-corrected chi connectivity index (χ0v) is 13.9. The third-order valence-electron chi connectivity index (χ3n) is 3.23. The molecule has 0 aromatic heterocycles. The first-order chi connectivity index (χ1) is 10.3. The maximum atomic E-state index is 11.9. The average molecular weight is 317 g/mol. The van der Waals surface area contributed by atoms with E-state index < -0.39 is 5.41 Å². The summed E-state index contributed by atoms with van der Waals surface area (Å²) in [7, 11) is 0. The molecule has 0 aliphatic rings. The molecule has 1 amide bonds. The molecule has 0 atom stereocenters. The zero-order chi connectivity index (χ0) is 16.2. The van der Waals surface area contributed by atoms with Gasteiger partial charge in [0.1, 0.15) is 0 Å². The fraction of sp³-hybridized carbons (Fsp3) is 0.278. The second-order valence-electron chi connectivity index (χ2n) is 6.26. The molecule has 22 heavy (non-hydrogen) atoms. The van der Waals surface area contributed by atoms with Gasteiger partial charge in [-0.3, -0.25) is 4.79 Å². The van der Waals surface area contributed by atoms with Crippen molar-refractivity contribution in [3.05, 3.63) is 59.1 Å². The van der Waals surface area contributed by atoms with Crippen molar-refractivity contribution in [1.29, 1.82) is 0 Å². The van der Waals surface area contributed by atoms with Gasteiger partial charge in [0.05, 0.1) is 0 Å². The molecule has 0 bridgehead atoms. The van der Waals surface area contributed by atoms with Gasteiger partial charge in [-0.2, -0.15) is 0 Å². The molecule has 0 unspecified atom stereocenters. The van der Waals surface area contributed by atoms with Crippen LogP contribution in [-0.2, 0) is 11.3 Å². The summed E-state index contributed by atoms with van der Waals surface area (Å²) in [6.07, 6.45) is 0. The lowest BCUT2D eigenvalue weighted by atomic mass is 9.95. The summed E-state index contributed by atoms with van der Waals surface area (Å²) < 4.78 is 0. The van der Waals surface area contributed by atoms with Crippen LogP contribution in [-0.4, -0.2) is 5.91 Å². The van der Waals surface area contributed by atoms with Crippen molar-refractivity contribution >= 4 is 28.9 Å². The van der Waals surface area contributed by atoms with E-state index in [2.05, 4.69) is 10.6 Å². The number of hydrogen-bond donors (Lipinski definition) is 2. The fourth-order valence-electron chi connectivity index (χ4n) is 1.80. The number of carbonyl (C=O) groups is 1. The van der Waals surface area contributed by atoms with Gasteiger partial charge in [0.25, 0.3) is 0 Å². The summed E-state index contributed by atoms with van der Waals surface area (Å²) in [6, 6.07) is 15.4. The van der Waals surface area contributed by atoms with Crippen molar-refractivity contribution in [1.82, 2.24) is 0 Å². The molecule has 0 saturated carbocycles. The first kappa shape index (κ1) is 16.4. The highest BCUT2D eigenvalue weighted by molar-refractivity contribution is 6.30. The van der Waals surface area contributed by atoms with Crippen molar-refractivity contribution in [3.63, 3.8) is 0 Å². The Bertz CT molecular complexity index is 628. The number of amides is 1. The van der Waals surface area contributed by atoms with Crippen molar-refractivity contribution in [2.24, 2.45) is 5.41 Å². The van der Waals surface area contributed by atoms with E-state index in [0.717, 1.165) is 28.5 Å². The summed E-state index contributed by atoms with van der Waals surface area (Å²) in [4.78, 5) is 11.9. The summed E-state index contributed by atoms with van der Waals surface area (Å²) in [5, 5.41) is 6.98. The molecule has 2 rings (SSSR count). The second-order valence-corrected chi connectivity index (χ2v) is 6.70. The molecule has 0 aliphatic heterocycles. The van der Waals surface area contributed by atoms with E-state index in [1.165, 1.54) is 0 Å². The largest absolute Gasteiger partial charge is 0.381 e. The van der Waals surface area contributed by atoms with Crippen LogP contribution in [0.3, 0.4) is 0 Å². The molecule has 0 saturated heterocycles. The highest BCUT2D eigenvalue weighted by Gasteiger charge is 2.20. The highest BCUT2D eigenvalue weighted by atomic mass is 35.5. The highest BCUT2D eigenvalue weighted by Crippen LogP contribution is 2.19. The molecule has 2 N–H and O–H groups in total. The van der Waals surface area contributed by atoms with Gasteiger partial charge in [0, 0.05) is 28.4 Å². The molecule has 4 heteroatoms. The van der Waals surface area contributed by atoms with Gasteiger partial charge in [0.15, 0.2) is 0 Å². The third-order valence-corrected chi connectivity index (χ3v) is 3.49. The summed E-state index contributed by atoms with van der Waals surface area (Å²) in [5.74, 6) is 0.00868. The Morgan fingerprint density at radius 1 is 0.955 bits per heavy atom. The maximum Gasteiger partial charge on any atom is 0.229 e. The Morgan fingerprint density at radius 2 is 1.50 bits per heavy atom. The predicted molar refractivity (Wildman–Crippen MR) is 93.3 cm³/mol. The van der Waals surface area contributed by atoms with Gasteiger partial charge in [-0.25, -0.2) is 0 Å². The van der Waals surface area contributed by atoms with E-state index in [4.69, 9.17) is 11.6 Å².